The first-order chi connectivity index (χ1) is 10.1. The van der Waals surface area contributed by atoms with Crippen LogP contribution in [0.5, 0.6) is 0 Å². The minimum Gasteiger partial charge on any atom is -0.409 e. The van der Waals surface area contributed by atoms with Crippen molar-refractivity contribution in [3.8, 4) is 0 Å². The molecule has 0 saturated carbocycles. The first-order valence-electron chi connectivity index (χ1n) is 6.55. The van der Waals surface area contributed by atoms with Crippen LogP contribution in [0, 0.1) is 0 Å². The first-order valence-corrected chi connectivity index (χ1v) is 6.55. The van der Waals surface area contributed by atoms with Crippen LogP contribution in [0.25, 0.3) is 0 Å². The van der Waals surface area contributed by atoms with Gasteiger partial charge in [-0.25, -0.2) is 0 Å². The third-order valence-electron chi connectivity index (χ3n) is 3.23. The second-order valence-corrected chi connectivity index (χ2v) is 4.69. The van der Waals surface area contributed by atoms with Crippen molar-refractivity contribution in [2.75, 3.05) is 5.32 Å². The molecule has 2 rings (SSSR count). The maximum absolute atomic E-state index is 12.2. The van der Waals surface area contributed by atoms with Crippen LogP contribution >= 0.6 is 0 Å². The van der Waals surface area contributed by atoms with E-state index in [2.05, 4.69) is 10.5 Å². The Hall–Kier alpha value is -2.82. The standard InChI is InChI=1S/C16H17N3O2/c1-11(12-6-3-2-4-7-12)16(20)18-14-9-5-8-13(10-14)15(17)19-21/h2-11,21H,1H3,(H2,17,19)(H,18,20). The highest BCUT2D eigenvalue weighted by molar-refractivity contribution is 6.00. The number of oxime groups is 1. The van der Waals surface area contributed by atoms with Crippen molar-refractivity contribution in [1.29, 1.82) is 0 Å². The number of carbonyl (C=O) groups is 1. The fraction of sp³-hybridized carbons (Fsp3) is 0.125. The van der Waals surface area contributed by atoms with Crippen molar-refractivity contribution < 1.29 is 10.0 Å². The molecule has 21 heavy (non-hydrogen) atoms. The van der Waals surface area contributed by atoms with Crippen LogP contribution in [0.1, 0.15) is 24.0 Å². The van der Waals surface area contributed by atoms with Gasteiger partial charge in [0.05, 0.1) is 5.92 Å². The van der Waals surface area contributed by atoms with Gasteiger partial charge in [-0.1, -0.05) is 47.6 Å². The molecular formula is C16H17N3O2. The minimum atomic E-state index is -0.265. The molecule has 1 atom stereocenters. The molecule has 0 aliphatic heterocycles. The van der Waals surface area contributed by atoms with Gasteiger partial charge >= 0.3 is 0 Å². The molecule has 5 heteroatoms. The van der Waals surface area contributed by atoms with Gasteiger partial charge in [-0.3, -0.25) is 4.79 Å². The molecule has 0 radical (unpaired) electrons. The smallest absolute Gasteiger partial charge is 0.231 e. The van der Waals surface area contributed by atoms with Crippen LogP contribution in [0.3, 0.4) is 0 Å². The molecule has 5 nitrogen and oxygen atoms in total. The Morgan fingerprint density at radius 1 is 1.19 bits per heavy atom. The molecular weight excluding hydrogens is 266 g/mol. The molecule has 0 aliphatic rings. The Morgan fingerprint density at radius 3 is 2.57 bits per heavy atom. The topological polar surface area (TPSA) is 87.7 Å². The Bertz CT molecular complexity index is 654. The van der Waals surface area contributed by atoms with E-state index in [0.29, 0.717) is 11.3 Å². The number of anilines is 1. The largest absolute Gasteiger partial charge is 0.409 e. The second-order valence-electron chi connectivity index (χ2n) is 4.69. The monoisotopic (exact) mass is 283 g/mol. The van der Waals surface area contributed by atoms with E-state index in [4.69, 9.17) is 10.9 Å². The van der Waals surface area contributed by atoms with Crippen molar-refractivity contribution in [2.24, 2.45) is 10.9 Å². The number of rotatable bonds is 4. The summed E-state index contributed by atoms with van der Waals surface area (Å²) in [5.41, 5.74) is 7.63. The summed E-state index contributed by atoms with van der Waals surface area (Å²) in [4.78, 5) is 12.2. The molecule has 0 aromatic heterocycles. The molecule has 0 fully saturated rings. The van der Waals surface area contributed by atoms with Gasteiger partial charge in [0, 0.05) is 11.3 Å². The SMILES string of the molecule is CC(C(=O)Nc1cccc(/C(N)=N/O)c1)c1ccccc1. The first kappa shape index (κ1) is 14.6. The Morgan fingerprint density at radius 2 is 1.90 bits per heavy atom. The lowest BCUT2D eigenvalue weighted by Crippen LogP contribution is -2.19. The van der Waals surface area contributed by atoms with E-state index >= 15 is 0 Å². The predicted molar refractivity (Wildman–Crippen MR) is 82.4 cm³/mol. The summed E-state index contributed by atoms with van der Waals surface area (Å²) < 4.78 is 0. The molecule has 108 valence electrons. The van der Waals surface area contributed by atoms with E-state index in [-0.39, 0.29) is 17.7 Å². The number of benzene rings is 2. The van der Waals surface area contributed by atoms with Crippen LogP contribution in [0.4, 0.5) is 5.69 Å². The Labute approximate surface area is 123 Å². The quantitative estimate of drug-likeness (QED) is 0.349. The lowest BCUT2D eigenvalue weighted by molar-refractivity contribution is -0.117. The van der Waals surface area contributed by atoms with Crippen LogP contribution in [0.15, 0.2) is 59.8 Å². The number of hydrogen-bond acceptors (Lipinski definition) is 3. The lowest BCUT2D eigenvalue weighted by atomic mass is 10.0. The maximum Gasteiger partial charge on any atom is 0.231 e. The minimum absolute atomic E-state index is 0.00204. The molecule has 0 spiro atoms. The lowest BCUT2D eigenvalue weighted by Gasteiger charge is -2.13. The van der Waals surface area contributed by atoms with Crippen molar-refractivity contribution in [3.63, 3.8) is 0 Å². The third kappa shape index (κ3) is 3.60. The van der Waals surface area contributed by atoms with E-state index < -0.39 is 0 Å². The zero-order valence-electron chi connectivity index (χ0n) is 11.7. The van der Waals surface area contributed by atoms with Gasteiger partial charge in [-0.15, -0.1) is 0 Å². The summed E-state index contributed by atoms with van der Waals surface area (Å²) in [7, 11) is 0. The predicted octanol–water partition coefficient (Wildman–Crippen LogP) is 2.52. The number of nitrogens with two attached hydrogens (primary N) is 1. The molecule has 0 bridgehead atoms. The number of amides is 1. The van der Waals surface area contributed by atoms with E-state index in [1.165, 1.54) is 0 Å². The maximum atomic E-state index is 12.2. The number of nitrogens with zero attached hydrogens (tertiary/aromatic N) is 1. The average Bonchev–Trinajstić information content (AvgIpc) is 2.54. The molecule has 2 aromatic rings. The highest BCUT2D eigenvalue weighted by Crippen LogP contribution is 2.18. The van der Waals surface area contributed by atoms with Gasteiger partial charge in [0.25, 0.3) is 0 Å². The van der Waals surface area contributed by atoms with Gasteiger partial charge in [0.1, 0.15) is 0 Å². The zero-order valence-corrected chi connectivity index (χ0v) is 11.7. The summed E-state index contributed by atoms with van der Waals surface area (Å²) in [6, 6.07) is 16.4. The number of hydrogen-bond donors (Lipinski definition) is 3. The summed E-state index contributed by atoms with van der Waals surface area (Å²) in [6.07, 6.45) is 0. The van der Waals surface area contributed by atoms with Gasteiger partial charge in [-0.2, -0.15) is 0 Å². The second kappa shape index (κ2) is 6.56. The zero-order chi connectivity index (χ0) is 15.2. The van der Waals surface area contributed by atoms with Crippen molar-refractivity contribution in [1.82, 2.24) is 0 Å². The molecule has 0 saturated heterocycles. The van der Waals surface area contributed by atoms with Gasteiger partial charge < -0.3 is 16.3 Å². The molecule has 1 unspecified atom stereocenters. The van der Waals surface area contributed by atoms with E-state index in [1.54, 1.807) is 24.3 Å². The fourth-order valence-corrected chi connectivity index (χ4v) is 1.96. The molecule has 4 N–H and O–H groups in total. The van der Waals surface area contributed by atoms with E-state index in [0.717, 1.165) is 5.56 Å². The van der Waals surface area contributed by atoms with Crippen molar-refractivity contribution in [2.45, 2.75) is 12.8 Å². The highest BCUT2D eigenvalue weighted by atomic mass is 16.4. The van der Waals surface area contributed by atoms with E-state index in [9.17, 15) is 4.79 Å². The molecule has 0 heterocycles. The van der Waals surface area contributed by atoms with Crippen LogP contribution in [-0.4, -0.2) is 17.0 Å². The van der Waals surface area contributed by atoms with Gasteiger partial charge in [0.2, 0.25) is 5.91 Å². The summed E-state index contributed by atoms with van der Waals surface area (Å²) in [5, 5.41) is 14.4. The van der Waals surface area contributed by atoms with Crippen molar-refractivity contribution >= 4 is 17.4 Å². The number of carbonyl (C=O) groups excluding carboxylic acids is 1. The van der Waals surface area contributed by atoms with Gasteiger partial charge in [0.15, 0.2) is 5.84 Å². The summed E-state index contributed by atoms with van der Waals surface area (Å²) in [6.45, 7) is 1.85. The number of amidine groups is 1. The van der Waals surface area contributed by atoms with E-state index in [1.807, 2.05) is 37.3 Å². The average molecular weight is 283 g/mol. The van der Waals surface area contributed by atoms with Gasteiger partial charge in [-0.05, 0) is 24.6 Å². The van der Waals surface area contributed by atoms with Crippen molar-refractivity contribution in [3.05, 3.63) is 65.7 Å². The highest BCUT2D eigenvalue weighted by Gasteiger charge is 2.15. The fourth-order valence-electron chi connectivity index (χ4n) is 1.96. The molecule has 2 aromatic carbocycles. The Kier molecular flexibility index (Phi) is 4.56. The normalized spacial score (nSPS) is 12.7. The molecule has 0 aliphatic carbocycles. The molecule has 1 amide bonds. The van der Waals surface area contributed by atoms with Crippen LogP contribution < -0.4 is 11.1 Å². The van der Waals surface area contributed by atoms with Crippen LogP contribution in [0.2, 0.25) is 0 Å². The third-order valence-corrected chi connectivity index (χ3v) is 3.23. The number of nitrogens with one attached hydrogen (secondary N) is 1. The summed E-state index contributed by atoms with van der Waals surface area (Å²) in [5.74, 6) is -0.376. The van der Waals surface area contributed by atoms with Crippen LogP contribution in [-0.2, 0) is 4.79 Å². The summed E-state index contributed by atoms with van der Waals surface area (Å²) >= 11 is 0. The Balaban J connectivity index is 2.13.